The number of carboxylic acids is 1. The number of hydrogen-bond donors (Lipinski definition) is 2. The van der Waals surface area contributed by atoms with Gasteiger partial charge in [0.1, 0.15) is 12.4 Å². The molecule has 1 aliphatic carbocycles. The van der Waals surface area contributed by atoms with Crippen LogP contribution in [0.5, 0.6) is 5.75 Å². The van der Waals surface area contributed by atoms with Crippen molar-refractivity contribution in [3.8, 4) is 5.75 Å². The molecule has 2 N–H and O–H groups in total. The topological polar surface area (TPSA) is 88.1 Å². The second-order valence-electron chi connectivity index (χ2n) is 8.82. The highest BCUT2D eigenvalue weighted by atomic mass is 35.5. The Morgan fingerprint density at radius 2 is 1.77 bits per heavy atom. The number of urea groups is 1. The number of halogens is 1. The van der Waals surface area contributed by atoms with Gasteiger partial charge in [-0.2, -0.15) is 0 Å². The molecule has 190 valence electrons. The summed E-state index contributed by atoms with van der Waals surface area (Å²) in [6.07, 6.45) is 5.43. The summed E-state index contributed by atoms with van der Waals surface area (Å²) in [4.78, 5) is 25.9. The average molecular weight is 503 g/mol. The van der Waals surface area contributed by atoms with Gasteiger partial charge in [0.25, 0.3) is 0 Å². The molecule has 7 nitrogen and oxygen atoms in total. The van der Waals surface area contributed by atoms with Crippen LogP contribution in [0.4, 0.5) is 10.5 Å². The van der Waals surface area contributed by atoms with E-state index in [4.69, 9.17) is 26.2 Å². The molecule has 35 heavy (non-hydrogen) atoms. The van der Waals surface area contributed by atoms with Gasteiger partial charge in [-0.3, -0.25) is 4.79 Å². The van der Waals surface area contributed by atoms with Crippen molar-refractivity contribution in [1.82, 2.24) is 4.90 Å². The number of rotatable bonds is 13. The summed E-state index contributed by atoms with van der Waals surface area (Å²) in [6, 6.07) is 14.2. The molecule has 0 bridgehead atoms. The summed E-state index contributed by atoms with van der Waals surface area (Å²) in [7, 11) is 0. The minimum atomic E-state index is -0.904. The molecule has 0 aliphatic heterocycles. The highest BCUT2D eigenvalue weighted by molar-refractivity contribution is 6.30. The van der Waals surface area contributed by atoms with Crippen molar-refractivity contribution >= 4 is 29.3 Å². The van der Waals surface area contributed by atoms with Crippen LogP contribution < -0.4 is 10.1 Å². The van der Waals surface area contributed by atoms with Crippen LogP contribution in [0.25, 0.3) is 0 Å². The summed E-state index contributed by atoms with van der Waals surface area (Å²) in [6.45, 7) is 3.76. The summed E-state index contributed by atoms with van der Waals surface area (Å²) in [5, 5.41) is 12.7. The summed E-state index contributed by atoms with van der Waals surface area (Å²) in [5.74, 6) is 0.435. The molecule has 0 heterocycles. The first-order valence-electron chi connectivity index (χ1n) is 12.3. The molecule has 0 aromatic heterocycles. The van der Waals surface area contributed by atoms with Crippen molar-refractivity contribution in [2.24, 2.45) is 5.92 Å². The minimum Gasteiger partial charge on any atom is -0.492 e. The molecule has 0 saturated heterocycles. The lowest BCUT2D eigenvalue weighted by molar-refractivity contribution is -0.140. The van der Waals surface area contributed by atoms with E-state index in [2.05, 4.69) is 5.32 Å². The Morgan fingerprint density at radius 3 is 2.40 bits per heavy atom. The second-order valence-corrected chi connectivity index (χ2v) is 9.26. The van der Waals surface area contributed by atoms with Crippen LogP contribution in [0.15, 0.2) is 48.5 Å². The zero-order valence-corrected chi connectivity index (χ0v) is 21.0. The fourth-order valence-corrected chi connectivity index (χ4v) is 4.50. The largest absolute Gasteiger partial charge is 0.492 e. The molecule has 2 aromatic rings. The monoisotopic (exact) mass is 502 g/mol. The van der Waals surface area contributed by atoms with Gasteiger partial charge < -0.3 is 24.8 Å². The van der Waals surface area contributed by atoms with E-state index in [-0.39, 0.29) is 12.5 Å². The van der Waals surface area contributed by atoms with Crippen molar-refractivity contribution in [3.63, 3.8) is 0 Å². The standard InChI is InChI=1S/C27H35ClN2O5/c1-2-34-25(19-26(31)32)21-7-13-24(14-8-21)35-18-17-30(16-15-20-5-3-4-6-20)27(33)29-23-11-9-22(28)10-12-23/h7-14,20,25H,2-6,15-19H2,1H3,(H,29,33)(H,31,32). The molecule has 0 radical (unpaired) electrons. The first-order valence-corrected chi connectivity index (χ1v) is 12.7. The number of carbonyl (C=O) groups is 2. The average Bonchev–Trinajstić information content (AvgIpc) is 3.36. The van der Waals surface area contributed by atoms with E-state index in [0.29, 0.717) is 48.7 Å². The number of ether oxygens (including phenoxy) is 2. The molecule has 1 fully saturated rings. The Morgan fingerprint density at radius 1 is 1.09 bits per heavy atom. The van der Waals surface area contributed by atoms with Crippen LogP contribution >= 0.6 is 11.6 Å². The lowest BCUT2D eigenvalue weighted by Gasteiger charge is -2.25. The number of anilines is 1. The summed E-state index contributed by atoms with van der Waals surface area (Å²) >= 11 is 5.95. The zero-order chi connectivity index (χ0) is 25.0. The number of nitrogens with one attached hydrogen (secondary N) is 1. The third-order valence-electron chi connectivity index (χ3n) is 6.27. The molecule has 1 unspecified atom stereocenters. The fourth-order valence-electron chi connectivity index (χ4n) is 4.37. The first kappa shape index (κ1) is 26.8. The molecule has 2 amide bonds. The van der Waals surface area contributed by atoms with E-state index in [9.17, 15) is 9.59 Å². The van der Waals surface area contributed by atoms with Crippen LogP contribution in [0.2, 0.25) is 5.02 Å². The predicted molar refractivity (Wildman–Crippen MR) is 137 cm³/mol. The number of hydrogen-bond acceptors (Lipinski definition) is 4. The van der Waals surface area contributed by atoms with Crippen LogP contribution in [0.1, 0.15) is 57.1 Å². The normalized spacial score (nSPS) is 14.5. The minimum absolute atomic E-state index is 0.0905. The number of benzene rings is 2. The van der Waals surface area contributed by atoms with Gasteiger partial charge in [0, 0.05) is 23.9 Å². The number of aliphatic carboxylic acids is 1. The van der Waals surface area contributed by atoms with Crippen LogP contribution in [-0.2, 0) is 9.53 Å². The lowest BCUT2D eigenvalue weighted by atomic mass is 10.0. The molecule has 1 aliphatic rings. The van der Waals surface area contributed by atoms with Gasteiger partial charge in [0.15, 0.2) is 0 Å². The molecular formula is C27H35ClN2O5. The van der Waals surface area contributed by atoms with E-state index in [1.54, 1.807) is 41.3 Å². The Labute approximate surface area is 212 Å². The number of nitrogens with zero attached hydrogens (tertiary/aromatic N) is 1. The Balaban J connectivity index is 1.55. The number of carbonyl (C=O) groups excluding carboxylic acids is 1. The van der Waals surface area contributed by atoms with Gasteiger partial charge in [-0.1, -0.05) is 49.4 Å². The van der Waals surface area contributed by atoms with Crippen molar-refractivity contribution in [1.29, 1.82) is 0 Å². The van der Waals surface area contributed by atoms with Crippen molar-refractivity contribution in [2.45, 2.75) is 51.6 Å². The van der Waals surface area contributed by atoms with Crippen LogP contribution in [0.3, 0.4) is 0 Å². The first-order chi connectivity index (χ1) is 16.9. The van der Waals surface area contributed by atoms with E-state index < -0.39 is 12.1 Å². The highest BCUT2D eigenvalue weighted by Gasteiger charge is 2.20. The Bertz CT molecular complexity index is 930. The molecule has 0 spiro atoms. The van der Waals surface area contributed by atoms with Gasteiger partial charge in [-0.25, -0.2) is 4.79 Å². The molecule has 8 heteroatoms. The third kappa shape index (κ3) is 9.07. The van der Waals surface area contributed by atoms with Crippen LogP contribution in [-0.4, -0.2) is 48.3 Å². The van der Waals surface area contributed by atoms with Crippen molar-refractivity contribution in [3.05, 3.63) is 59.1 Å². The van der Waals surface area contributed by atoms with Gasteiger partial charge in [-0.05, 0) is 61.2 Å². The van der Waals surface area contributed by atoms with Crippen LogP contribution in [0, 0.1) is 5.92 Å². The Kier molecular flexibility index (Phi) is 10.7. The maximum atomic E-state index is 13.0. The quantitative estimate of drug-likeness (QED) is 0.331. The fraction of sp³-hybridized carbons (Fsp3) is 0.481. The molecule has 2 aromatic carbocycles. The van der Waals surface area contributed by atoms with E-state index in [1.165, 1.54) is 25.7 Å². The maximum absolute atomic E-state index is 13.0. The number of amides is 2. The van der Waals surface area contributed by atoms with Crippen molar-refractivity contribution < 1.29 is 24.2 Å². The highest BCUT2D eigenvalue weighted by Crippen LogP contribution is 2.28. The molecule has 1 atom stereocenters. The SMILES string of the molecule is CCOC(CC(=O)O)c1ccc(OCCN(CCC2CCCC2)C(=O)Nc2ccc(Cl)cc2)cc1. The predicted octanol–water partition coefficient (Wildman–Crippen LogP) is 6.39. The summed E-state index contributed by atoms with van der Waals surface area (Å²) in [5.41, 5.74) is 1.49. The van der Waals surface area contributed by atoms with Gasteiger partial charge in [-0.15, -0.1) is 0 Å². The summed E-state index contributed by atoms with van der Waals surface area (Å²) < 4.78 is 11.5. The lowest BCUT2D eigenvalue weighted by Crippen LogP contribution is -2.39. The van der Waals surface area contributed by atoms with Gasteiger partial charge in [0.2, 0.25) is 0 Å². The zero-order valence-electron chi connectivity index (χ0n) is 20.2. The molecule has 1 saturated carbocycles. The Hall–Kier alpha value is -2.77. The number of carboxylic acid groups (broad SMARTS) is 1. The third-order valence-corrected chi connectivity index (χ3v) is 6.53. The van der Waals surface area contributed by atoms with Crippen molar-refractivity contribution in [2.75, 3.05) is 31.6 Å². The van der Waals surface area contributed by atoms with Gasteiger partial charge in [0.05, 0.1) is 19.1 Å². The van der Waals surface area contributed by atoms with E-state index >= 15 is 0 Å². The van der Waals surface area contributed by atoms with Gasteiger partial charge >= 0.3 is 12.0 Å². The molecular weight excluding hydrogens is 468 g/mol. The smallest absolute Gasteiger partial charge is 0.321 e. The van der Waals surface area contributed by atoms with E-state index in [0.717, 1.165) is 12.0 Å². The van der Waals surface area contributed by atoms with E-state index in [1.807, 2.05) is 19.1 Å². The molecule has 3 rings (SSSR count). The second kappa shape index (κ2) is 14.0. The maximum Gasteiger partial charge on any atom is 0.321 e.